The smallest absolute Gasteiger partial charge is 0.319 e. The fourth-order valence-corrected chi connectivity index (χ4v) is 1.79. The van der Waals surface area contributed by atoms with Gasteiger partial charge in [-0.3, -0.25) is 0 Å². The second kappa shape index (κ2) is 10.0. The maximum atomic E-state index is 11.8. The Morgan fingerprint density at radius 3 is 2.71 bits per heavy atom. The molecule has 0 fully saturated rings. The summed E-state index contributed by atoms with van der Waals surface area (Å²) in [6, 6.07) is 5.42. The molecule has 0 spiro atoms. The van der Waals surface area contributed by atoms with E-state index >= 15 is 0 Å². The van der Waals surface area contributed by atoms with Gasteiger partial charge in [-0.05, 0) is 37.5 Å². The van der Waals surface area contributed by atoms with Gasteiger partial charge in [-0.25, -0.2) is 4.79 Å². The van der Waals surface area contributed by atoms with Crippen LogP contribution in [0.5, 0.6) is 5.75 Å². The molecule has 5 heteroatoms. The van der Waals surface area contributed by atoms with E-state index in [1.165, 1.54) is 0 Å². The zero-order chi connectivity index (χ0) is 15.5. The van der Waals surface area contributed by atoms with Crippen LogP contribution < -0.4 is 15.4 Å². The fraction of sp³-hybridized carbons (Fsp3) is 0.562. The summed E-state index contributed by atoms with van der Waals surface area (Å²) in [6.45, 7) is 6.17. The molecule has 0 aliphatic rings. The molecule has 0 saturated heterocycles. The number of nitrogens with one attached hydrogen (secondary N) is 2. The highest BCUT2D eigenvalue weighted by atomic mass is 16.5. The van der Waals surface area contributed by atoms with Crippen LogP contribution in [0.4, 0.5) is 10.5 Å². The predicted octanol–water partition coefficient (Wildman–Crippen LogP) is 3.33. The third-order valence-corrected chi connectivity index (χ3v) is 3.00. The van der Waals surface area contributed by atoms with E-state index in [4.69, 9.17) is 9.47 Å². The SMILES string of the molecule is CCCCOCCCNC(=O)Nc1ccc(C)cc1OC. The molecule has 0 saturated carbocycles. The Hall–Kier alpha value is -1.75. The highest BCUT2D eigenvalue weighted by molar-refractivity contribution is 5.90. The lowest BCUT2D eigenvalue weighted by molar-refractivity contribution is 0.129. The van der Waals surface area contributed by atoms with Crippen molar-refractivity contribution < 1.29 is 14.3 Å². The van der Waals surface area contributed by atoms with Gasteiger partial charge >= 0.3 is 6.03 Å². The van der Waals surface area contributed by atoms with Gasteiger partial charge in [0.1, 0.15) is 5.75 Å². The number of anilines is 1. The van der Waals surface area contributed by atoms with Gasteiger partial charge in [-0.2, -0.15) is 0 Å². The highest BCUT2D eigenvalue weighted by Gasteiger charge is 2.06. The summed E-state index contributed by atoms with van der Waals surface area (Å²) in [4.78, 5) is 11.8. The van der Waals surface area contributed by atoms with Gasteiger partial charge in [0.05, 0.1) is 12.8 Å². The Labute approximate surface area is 127 Å². The Morgan fingerprint density at radius 1 is 1.24 bits per heavy atom. The number of unbranched alkanes of at least 4 members (excludes halogenated alkanes) is 1. The Kier molecular flexibility index (Phi) is 8.28. The summed E-state index contributed by atoms with van der Waals surface area (Å²) in [5, 5.41) is 5.59. The van der Waals surface area contributed by atoms with Crippen molar-refractivity contribution in [3.8, 4) is 5.75 Å². The van der Waals surface area contributed by atoms with Crippen molar-refractivity contribution in [1.29, 1.82) is 0 Å². The largest absolute Gasteiger partial charge is 0.495 e. The predicted molar refractivity (Wildman–Crippen MR) is 85.1 cm³/mol. The Bertz CT molecular complexity index is 436. The number of urea groups is 1. The van der Waals surface area contributed by atoms with Crippen LogP contribution in [-0.4, -0.2) is 32.9 Å². The lowest BCUT2D eigenvalue weighted by Gasteiger charge is -2.12. The Morgan fingerprint density at radius 2 is 2.00 bits per heavy atom. The van der Waals surface area contributed by atoms with Crippen molar-refractivity contribution in [2.45, 2.75) is 33.1 Å². The number of ether oxygens (including phenoxy) is 2. The van der Waals surface area contributed by atoms with E-state index in [2.05, 4.69) is 17.6 Å². The van der Waals surface area contributed by atoms with Crippen molar-refractivity contribution in [2.24, 2.45) is 0 Å². The van der Waals surface area contributed by atoms with Crippen LogP contribution >= 0.6 is 0 Å². The summed E-state index contributed by atoms with van der Waals surface area (Å²) < 4.78 is 10.7. The van der Waals surface area contributed by atoms with Crippen molar-refractivity contribution in [3.05, 3.63) is 23.8 Å². The number of rotatable bonds is 9. The second-order valence-corrected chi connectivity index (χ2v) is 4.90. The molecule has 0 aromatic heterocycles. The first-order chi connectivity index (χ1) is 10.2. The van der Waals surface area contributed by atoms with E-state index < -0.39 is 0 Å². The summed E-state index contributed by atoms with van der Waals surface area (Å²) in [6.07, 6.45) is 3.03. The van der Waals surface area contributed by atoms with Crippen LogP contribution in [0.3, 0.4) is 0 Å². The number of aryl methyl sites for hydroxylation is 1. The molecule has 0 atom stereocenters. The molecule has 118 valence electrons. The third-order valence-electron chi connectivity index (χ3n) is 3.00. The molecule has 21 heavy (non-hydrogen) atoms. The van der Waals surface area contributed by atoms with Crippen molar-refractivity contribution in [2.75, 3.05) is 32.2 Å². The van der Waals surface area contributed by atoms with Gasteiger partial charge in [0.25, 0.3) is 0 Å². The molecule has 0 aliphatic heterocycles. The topological polar surface area (TPSA) is 59.6 Å². The van der Waals surface area contributed by atoms with E-state index in [0.717, 1.165) is 31.4 Å². The van der Waals surface area contributed by atoms with Crippen LogP contribution in [0.15, 0.2) is 18.2 Å². The molecule has 5 nitrogen and oxygen atoms in total. The molecule has 1 rings (SSSR count). The average molecular weight is 294 g/mol. The van der Waals surface area contributed by atoms with E-state index in [-0.39, 0.29) is 6.03 Å². The van der Waals surface area contributed by atoms with Crippen LogP contribution in [0.1, 0.15) is 31.7 Å². The quantitative estimate of drug-likeness (QED) is 0.687. The van der Waals surface area contributed by atoms with Crippen molar-refractivity contribution in [1.82, 2.24) is 5.32 Å². The zero-order valence-electron chi connectivity index (χ0n) is 13.2. The van der Waals surface area contributed by atoms with Crippen LogP contribution in [0.2, 0.25) is 0 Å². The highest BCUT2D eigenvalue weighted by Crippen LogP contribution is 2.24. The molecular weight excluding hydrogens is 268 g/mol. The van der Waals surface area contributed by atoms with Gasteiger partial charge in [0.2, 0.25) is 0 Å². The first-order valence-corrected chi connectivity index (χ1v) is 7.44. The van der Waals surface area contributed by atoms with Gasteiger partial charge in [-0.15, -0.1) is 0 Å². The number of methoxy groups -OCH3 is 1. The van der Waals surface area contributed by atoms with E-state index in [9.17, 15) is 4.79 Å². The van der Waals surface area contributed by atoms with Crippen LogP contribution in [0.25, 0.3) is 0 Å². The maximum absolute atomic E-state index is 11.8. The van der Waals surface area contributed by atoms with Gasteiger partial charge in [0, 0.05) is 19.8 Å². The standard InChI is InChI=1S/C16H26N2O3/c1-4-5-10-21-11-6-9-17-16(19)18-14-8-7-13(2)12-15(14)20-3/h7-8,12H,4-6,9-11H2,1-3H3,(H2,17,18,19). The summed E-state index contributed by atoms with van der Waals surface area (Å²) in [7, 11) is 1.59. The van der Waals surface area contributed by atoms with E-state index in [1.54, 1.807) is 7.11 Å². The average Bonchev–Trinajstić information content (AvgIpc) is 2.48. The van der Waals surface area contributed by atoms with E-state index in [1.807, 2.05) is 25.1 Å². The Balaban J connectivity index is 2.25. The zero-order valence-corrected chi connectivity index (χ0v) is 13.2. The normalized spacial score (nSPS) is 10.2. The summed E-state index contributed by atoms with van der Waals surface area (Å²) >= 11 is 0. The summed E-state index contributed by atoms with van der Waals surface area (Å²) in [5.74, 6) is 0.660. The first-order valence-electron chi connectivity index (χ1n) is 7.44. The maximum Gasteiger partial charge on any atom is 0.319 e. The number of hydrogen-bond donors (Lipinski definition) is 2. The lowest BCUT2D eigenvalue weighted by atomic mass is 10.2. The molecule has 0 bridgehead atoms. The number of amides is 2. The number of carbonyl (C=O) groups is 1. The minimum absolute atomic E-state index is 0.231. The van der Waals surface area contributed by atoms with Crippen molar-refractivity contribution >= 4 is 11.7 Å². The molecule has 0 radical (unpaired) electrons. The molecule has 0 aliphatic carbocycles. The number of hydrogen-bond acceptors (Lipinski definition) is 3. The minimum atomic E-state index is -0.231. The van der Waals surface area contributed by atoms with Crippen LogP contribution in [-0.2, 0) is 4.74 Å². The third kappa shape index (κ3) is 6.99. The van der Waals surface area contributed by atoms with Gasteiger partial charge in [0.15, 0.2) is 0 Å². The van der Waals surface area contributed by atoms with E-state index in [0.29, 0.717) is 24.6 Å². The molecule has 1 aromatic rings. The molecular formula is C16H26N2O3. The van der Waals surface area contributed by atoms with Crippen molar-refractivity contribution in [3.63, 3.8) is 0 Å². The molecule has 1 aromatic carbocycles. The second-order valence-electron chi connectivity index (χ2n) is 4.90. The first kappa shape index (κ1) is 17.3. The fourth-order valence-electron chi connectivity index (χ4n) is 1.79. The summed E-state index contributed by atoms with van der Waals surface area (Å²) in [5.41, 5.74) is 1.75. The van der Waals surface area contributed by atoms with Gasteiger partial charge in [-0.1, -0.05) is 19.4 Å². The van der Waals surface area contributed by atoms with Crippen LogP contribution in [0, 0.1) is 6.92 Å². The lowest BCUT2D eigenvalue weighted by Crippen LogP contribution is -2.30. The monoisotopic (exact) mass is 294 g/mol. The minimum Gasteiger partial charge on any atom is -0.495 e. The molecule has 0 unspecified atom stereocenters. The molecule has 0 heterocycles. The number of carbonyl (C=O) groups excluding carboxylic acids is 1. The number of benzene rings is 1. The van der Waals surface area contributed by atoms with Gasteiger partial charge < -0.3 is 20.1 Å². The molecule has 2 amide bonds. The molecule has 2 N–H and O–H groups in total.